The van der Waals surface area contributed by atoms with E-state index in [9.17, 15) is 14.0 Å². The highest BCUT2D eigenvalue weighted by Gasteiger charge is 2.33. The lowest BCUT2D eigenvalue weighted by Gasteiger charge is -2.24. The van der Waals surface area contributed by atoms with Crippen LogP contribution < -0.4 is 19.6 Å². The molecule has 0 N–H and O–H groups in total. The summed E-state index contributed by atoms with van der Waals surface area (Å²) in [7, 11) is 0. The van der Waals surface area contributed by atoms with Gasteiger partial charge in [0.25, 0.3) is 5.56 Å². The number of allylic oxidation sites excluding steroid dienone is 1. The van der Waals surface area contributed by atoms with Gasteiger partial charge in [-0.1, -0.05) is 41.7 Å². The summed E-state index contributed by atoms with van der Waals surface area (Å²) in [5.41, 5.74) is 1.48. The number of carbonyl (C=O) groups excluding carboxylic acids is 1. The third-order valence-corrected chi connectivity index (χ3v) is 6.18. The molecular weight excluding hydrogens is 457 g/mol. The first-order valence-corrected chi connectivity index (χ1v) is 11.3. The molecule has 0 saturated carbocycles. The Morgan fingerprint density at radius 1 is 1.26 bits per heavy atom. The number of hydrogen-bond donors (Lipinski definition) is 0. The molecule has 1 aromatic heterocycles. The lowest BCUT2D eigenvalue weighted by Crippen LogP contribution is -2.39. The maximum atomic E-state index is 13.6. The Kier molecular flexibility index (Phi) is 6.70. The van der Waals surface area contributed by atoms with Crippen molar-refractivity contribution >= 4 is 23.4 Å². The number of nitrogens with zero attached hydrogens (tertiary/aromatic N) is 3. The summed E-state index contributed by atoms with van der Waals surface area (Å²) in [4.78, 5) is 31.3. The second-order valence-electron chi connectivity index (χ2n) is 7.34. The Labute approximate surface area is 198 Å². The Morgan fingerprint density at radius 3 is 2.71 bits per heavy atom. The molecule has 0 saturated heterocycles. The number of fused-ring (bicyclic) bond motifs is 1. The third-order valence-electron chi connectivity index (χ3n) is 5.20. The van der Waals surface area contributed by atoms with Crippen LogP contribution in [0.15, 0.2) is 69.6 Å². The molecule has 0 radical (unpaired) electrons. The third kappa shape index (κ3) is 4.40. The second-order valence-corrected chi connectivity index (χ2v) is 8.35. The predicted molar refractivity (Wildman–Crippen MR) is 124 cm³/mol. The van der Waals surface area contributed by atoms with Gasteiger partial charge in [0.05, 0.1) is 28.5 Å². The molecular formula is C25H20FN3O4S. The molecule has 7 nitrogen and oxygen atoms in total. The monoisotopic (exact) mass is 477 g/mol. The van der Waals surface area contributed by atoms with Crippen molar-refractivity contribution < 1.29 is 18.7 Å². The largest absolute Gasteiger partial charge is 0.478 e. The lowest BCUT2D eigenvalue weighted by atomic mass is 9.96. The van der Waals surface area contributed by atoms with Gasteiger partial charge in [0.2, 0.25) is 0 Å². The molecule has 0 spiro atoms. The van der Waals surface area contributed by atoms with Crippen molar-refractivity contribution in [2.45, 2.75) is 19.9 Å². The lowest BCUT2D eigenvalue weighted by molar-refractivity contribution is -0.139. The van der Waals surface area contributed by atoms with Gasteiger partial charge in [-0.2, -0.15) is 5.26 Å². The molecule has 1 aliphatic heterocycles. The molecule has 4 rings (SSSR count). The second kappa shape index (κ2) is 9.85. The van der Waals surface area contributed by atoms with Crippen LogP contribution in [0.4, 0.5) is 4.39 Å². The van der Waals surface area contributed by atoms with Crippen LogP contribution in [0, 0.1) is 17.1 Å². The van der Waals surface area contributed by atoms with Crippen LogP contribution in [0.25, 0.3) is 6.08 Å². The molecule has 0 amide bonds. The van der Waals surface area contributed by atoms with Crippen LogP contribution in [0.2, 0.25) is 0 Å². The van der Waals surface area contributed by atoms with Crippen LogP contribution in [-0.4, -0.2) is 23.8 Å². The molecule has 0 unspecified atom stereocenters. The summed E-state index contributed by atoms with van der Waals surface area (Å²) in [6.07, 6.45) is 1.67. The molecule has 1 aliphatic rings. The quantitative estimate of drug-likeness (QED) is 0.509. The van der Waals surface area contributed by atoms with E-state index in [0.29, 0.717) is 31.9 Å². The normalized spacial score (nSPS) is 15.4. The number of nitriles is 1. The van der Waals surface area contributed by atoms with Gasteiger partial charge in [-0.3, -0.25) is 9.36 Å². The predicted octanol–water partition coefficient (Wildman–Crippen LogP) is 2.84. The first-order chi connectivity index (χ1) is 16.4. The molecule has 34 heavy (non-hydrogen) atoms. The van der Waals surface area contributed by atoms with Gasteiger partial charge in [-0.05, 0) is 43.7 Å². The number of esters is 1. The van der Waals surface area contributed by atoms with E-state index < -0.39 is 17.8 Å². The van der Waals surface area contributed by atoms with Crippen molar-refractivity contribution in [3.63, 3.8) is 0 Å². The summed E-state index contributed by atoms with van der Waals surface area (Å²) >= 11 is 1.17. The minimum Gasteiger partial charge on any atom is -0.478 e. The van der Waals surface area contributed by atoms with Crippen molar-refractivity contribution in [2.75, 3.05) is 13.2 Å². The first-order valence-electron chi connectivity index (χ1n) is 10.5. The number of hydrogen-bond acceptors (Lipinski definition) is 7. The molecule has 2 heterocycles. The van der Waals surface area contributed by atoms with Gasteiger partial charge in [-0.25, -0.2) is 14.2 Å². The van der Waals surface area contributed by atoms with E-state index in [2.05, 4.69) is 4.99 Å². The number of aromatic nitrogens is 1. The topological polar surface area (TPSA) is 93.7 Å². The van der Waals surface area contributed by atoms with Gasteiger partial charge in [0.1, 0.15) is 17.6 Å². The van der Waals surface area contributed by atoms with E-state index in [4.69, 9.17) is 14.7 Å². The zero-order valence-electron chi connectivity index (χ0n) is 18.4. The SMILES string of the molecule is CCOC(=O)C1=C(C)N=c2s/c(=C\c3ccccc3OCC#N)c(=O)n2[C@@H]1c1ccc(F)cc1. The number of benzene rings is 2. The molecule has 9 heteroatoms. The van der Waals surface area contributed by atoms with E-state index in [1.165, 1.54) is 28.0 Å². The fourth-order valence-electron chi connectivity index (χ4n) is 3.73. The highest BCUT2D eigenvalue weighted by atomic mass is 32.1. The van der Waals surface area contributed by atoms with E-state index in [0.717, 1.165) is 0 Å². The van der Waals surface area contributed by atoms with Crippen LogP contribution in [0.5, 0.6) is 5.75 Å². The molecule has 0 bridgehead atoms. The average molecular weight is 478 g/mol. The number of para-hydroxylation sites is 1. The number of halogens is 1. The molecule has 3 aromatic rings. The number of rotatable bonds is 6. The fraction of sp³-hybridized carbons (Fsp3) is 0.200. The smallest absolute Gasteiger partial charge is 0.338 e. The van der Waals surface area contributed by atoms with Crippen LogP contribution in [-0.2, 0) is 9.53 Å². The average Bonchev–Trinajstić information content (AvgIpc) is 3.12. The van der Waals surface area contributed by atoms with E-state index in [1.807, 2.05) is 6.07 Å². The van der Waals surface area contributed by atoms with Gasteiger partial charge in [0.15, 0.2) is 11.4 Å². The summed E-state index contributed by atoms with van der Waals surface area (Å²) in [6, 6.07) is 13.8. The molecule has 1 atom stereocenters. The van der Waals surface area contributed by atoms with Gasteiger partial charge >= 0.3 is 5.97 Å². The Bertz CT molecular complexity index is 1500. The summed E-state index contributed by atoms with van der Waals surface area (Å²) in [5, 5.41) is 8.84. The summed E-state index contributed by atoms with van der Waals surface area (Å²) in [5.74, 6) is -0.542. The van der Waals surface area contributed by atoms with Crippen LogP contribution in [0.1, 0.15) is 31.0 Å². The van der Waals surface area contributed by atoms with E-state index >= 15 is 0 Å². The highest BCUT2D eigenvalue weighted by molar-refractivity contribution is 7.07. The Balaban J connectivity index is 1.93. The van der Waals surface area contributed by atoms with E-state index in [-0.39, 0.29) is 24.3 Å². The van der Waals surface area contributed by atoms with Gasteiger partial charge in [0, 0.05) is 5.56 Å². The standard InChI is InChI=1S/C25H20FN3O4S/c1-3-32-24(31)21-15(2)28-25-29(22(21)16-8-10-18(26)11-9-16)23(30)20(34-25)14-17-6-4-5-7-19(17)33-13-12-27/h4-11,14,22H,3,13H2,1-2H3/b20-14-/t22-/m1/s1. The first kappa shape index (κ1) is 23.1. The fourth-order valence-corrected chi connectivity index (χ4v) is 4.77. The maximum Gasteiger partial charge on any atom is 0.338 e. The minimum absolute atomic E-state index is 0.126. The van der Waals surface area contributed by atoms with E-state index in [1.54, 1.807) is 56.3 Å². The minimum atomic E-state index is -0.817. The van der Waals surface area contributed by atoms with Gasteiger partial charge in [-0.15, -0.1) is 0 Å². The molecule has 172 valence electrons. The highest BCUT2D eigenvalue weighted by Crippen LogP contribution is 2.30. The molecule has 0 aliphatic carbocycles. The number of carbonyl (C=O) groups is 1. The number of ether oxygens (including phenoxy) is 2. The Hall–Kier alpha value is -4.03. The Morgan fingerprint density at radius 2 is 2.00 bits per heavy atom. The van der Waals surface area contributed by atoms with Crippen molar-refractivity contribution in [1.82, 2.24) is 4.57 Å². The van der Waals surface area contributed by atoms with Crippen molar-refractivity contribution in [3.05, 3.63) is 96.4 Å². The van der Waals surface area contributed by atoms with Crippen molar-refractivity contribution in [1.29, 1.82) is 5.26 Å². The van der Waals surface area contributed by atoms with Crippen molar-refractivity contribution in [3.8, 4) is 11.8 Å². The van der Waals surface area contributed by atoms with Gasteiger partial charge < -0.3 is 9.47 Å². The zero-order chi connectivity index (χ0) is 24.2. The van der Waals surface area contributed by atoms with Crippen molar-refractivity contribution in [2.24, 2.45) is 4.99 Å². The van der Waals surface area contributed by atoms with Crippen LogP contribution in [0.3, 0.4) is 0 Å². The maximum absolute atomic E-state index is 13.6. The zero-order valence-corrected chi connectivity index (χ0v) is 19.3. The summed E-state index contributed by atoms with van der Waals surface area (Å²) in [6.45, 7) is 3.42. The number of thiazole rings is 1. The van der Waals surface area contributed by atoms with Crippen LogP contribution >= 0.6 is 11.3 Å². The summed E-state index contributed by atoms with van der Waals surface area (Å²) < 4.78 is 26.1. The molecule has 2 aromatic carbocycles. The molecule has 0 fully saturated rings.